The van der Waals surface area contributed by atoms with E-state index in [1.165, 1.54) is 29.6 Å². The molecule has 6 heteroatoms. The molecular formula is C19H26N6. The van der Waals surface area contributed by atoms with Crippen LogP contribution in [0, 0.1) is 5.92 Å². The van der Waals surface area contributed by atoms with Gasteiger partial charge < -0.3 is 5.32 Å². The number of nitrogens with one attached hydrogen (secondary N) is 1. The predicted octanol–water partition coefficient (Wildman–Crippen LogP) is 2.24. The maximum absolute atomic E-state index is 4.42. The molecule has 1 aliphatic rings. The Morgan fingerprint density at radius 1 is 1.20 bits per heavy atom. The summed E-state index contributed by atoms with van der Waals surface area (Å²) in [7, 11) is 4.27. The molecule has 0 aliphatic carbocycles. The molecule has 4 heterocycles. The fourth-order valence-electron chi connectivity index (χ4n) is 4.13. The van der Waals surface area contributed by atoms with Crippen molar-refractivity contribution in [2.75, 3.05) is 20.1 Å². The summed E-state index contributed by atoms with van der Waals surface area (Å²) in [5, 5.41) is 12.5. The minimum absolute atomic E-state index is 0.428. The summed E-state index contributed by atoms with van der Waals surface area (Å²) in [6, 6.07) is 8.78. The largest absolute Gasteiger partial charge is 0.312 e. The van der Waals surface area contributed by atoms with Crippen LogP contribution in [-0.4, -0.2) is 44.4 Å². The lowest BCUT2D eigenvalue weighted by Gasteiger charge is -2.39. The number of nitrogens with zero attached hydrogens (tertiary/aromatic N) is 5. The summed E-state index contributed by atoms with van der Waals surface area (Å²) in [5.41, 5.74) is 3.74. The lowest BCUT2D eigenvalue weighted by atomic mass is 9.87. The van der Waals surface area contributed by atoms with Crippen LogP contribution in [0.25, 0.3) is 5.52 Å². The third-order valence-electron chi connectivity index (χ3n) is 5.40. The fourth-order valence-corrected chi connectivity index (χ4v) is 4.13. The lowest BCUT2D eigenvalue weighted by Crippen LogP contribution is -2.41. The van der Waals surface area contributed by atoms with Crippen molar-refractivity contribution in [2.45, 2.75) is 25.4 Å². The molecule has 0 bridgehead atoms. The van der Waals surface area contributed by atoms with Crippen molar-refractivity contribution >= 4 is 5.52 Å². The molecule has 3 aromatic rings. The van der Waals surface area contributed by atoms with Crippen molar-refractivity contribution < 1.29 is 0 Å². The van der Waals surface area contributed by atoms with Gasteiger partial charge in [-0.05, 0) is 50.6 Å². The van der Waals surface area contributed by atoms with Crippen LogP contribution in [0.5, 0.6) is 0 Å². The third-order valence-corrected chi connectivity index (χ3v) is 5.40. The monoisotopic (exact) mass is 338 g/mol. The Bertz CT molecular complexity index is 835. The number of aryl methyl sites for hydroxylation is 1. The average molecular weight is 338 g/mol. The minimum atomic E-state index is 0.428. The van der Waals surface area contributed by atoms with Gasteiger partial charge in [0, 0.05) is 38.1 Å². The highest BCUT2D eigenvalue weighted by Crippen LogP contribution is 2.34. The quantitative estimate of drug-likeness (QED) is 0.775. The zero-order valence-electron chi connectivity index (χ0n) is 15.0. The highest BCUT2D eigenvalue weighted by Gasteiger charge is 2.31. The van der Waals surface area contributed by atoms with E-state index in [2.05, 4.69) is 45.7 Å². The van der Waals surface area contributed by atoms with Gasteiger partial charge >= 0.3 is 0 Å². The van der Waals surface area contributed by atoms with Crippen LogP contribution >= 0.6 is 0 Å². The molecule has 1 saturated heterocycles. The summed E-state index contributed by atoms with van der Waals surface area (Å²) in [5.74, 6) is 0.594. The first-order valence-electron chi connectivity index (χ1n) is 9.04. The normalized spacial score (nSPS) is 21.8. The smallest absolute Gasteiger partial charge is 0.0706 e. The third kappa shape index (κ3) is 3.19. The van der Waals surface area contributed by atoms with E-state index in [4.69, 9.17) is 0 Å². The Hall–Kier alpha value is -2.18. The van der Waals surface area contributed by atoms with Crippen molar-refractivity contribution in [3.05, 3.63) is 54.1 Å². The second-order valence-electron chi connectivity index (χ2n) is 7.04. The Balaban J connectivity index is 1.44. The molecule has 2 atom stereocenters. The Morgan fingerprint density at radius 3 is 2.96 bits per heavy atom. The Labute approximate surface area is 148 Å². The van der Waals surface area contributed by atoms with Crippen LogP contribution in [0.1, 0.15) is 30.1 Å². The maximum Gasteiger partial charge on any atom is 0.0706 e. The van der Waals surface area contributed by atoms with Gasteiger partial charge in [0.1, 0.15) is 0 Å². The first-order valence-corrected chi connectivity index (χ1v) is 9.04. The zero-order valence-corrected chi connectivity index (χ0v) is 15.0. The van der Waals surface area contributed by atoms with Crippen LogP contribution < -0.4 is 5.32 Å². The molecule has 1 N–H and O–H groups in total. The van der Waals surface area contributed by atoms with Gasteiger partial charge in [0.25, 0.3) is 0 Å². The van der Waals surface area contributed by atoms with E-state index in [0.717, 1.165) is 19.6 Å². The first kappa shape index (κ1) is 16.3. The van der Waals surface area contributed by atoms with Crippen LogP contribution in [0.3, 0.4) is 0 Å². The van der Waals surface area contributed by atoms with Crippen molar-refractivity contribution in [1.82, 2.24) is 29.6 Å². The fraction of sp³-hybridized carbons (Fsp3) is 0.474. The average Bonchev–Trinajstić information content (AvgIpc) is 3.22. The van der Waals surface area contributed by atoms with Crippen LogP contribution in [0.4, 0.5) is 0 Å². The van der Waals surface area contributed by atoms with E-state index in [1.54, 1.807) is 0 Å². The molecule has 1 aliphatic heterocycles. The van der Waals surface area contributed by atoms with Crippen molar-refractivity contribution in [3.63, 3.8) is 0 Å². The van der Waals surface area contributed by atoms with E-state index in [9.17, 15) is 0 Å². The topological polar surface area (TPSA) is 50.4 Å². The molecule has 132 valence electrons. The molecular weight excluding hydrogens is 312 g/mol. The minimum Gasteiger partial charge on any atom is -0.312 e. The number of fused-ring (bicyclic) bond motifs is 1. The van der Waals surface area contributed by atoms with Gasteiger partial charge in [0.15, 0.2) is 0 Å². The molecule has 3 aromatic heterocycles. The molecule has 0 aromatic carbocycles. The molecule has 25 heavy (non-hydrogen) atoms. The van der Waals surface area contributed by atoms with E-state index < -0.39 is 0 Å². The van der Waals surface area contributed by atoms with E-state index in [-0.39, 0.29) is 0 Å². The highest BCUT2D eigenvalue weighted by molar-refractivity contribution is 5.53. The Kier molecular flexibility index (Phi) is 4.55. The second kappa shape index (κ2) is 6.98. The van der Waals surface area contributed by atoms with Gasteiger partial charge in [-0.2, -0.15) is 10.2 Å². The molecule has 0 amide bonds. The summed E-state index contributed by atoms with van der Waals surface area (Å²) < 4.78 is 3.95. The number of pyridine rings is 1. The number of piperidine rings is 1. The van der Waals surface area contributed by atoms with Gasteiger partial charge in [-0.15, -0.1) is 0 Å². The van der Waals surface area contributed by atoms with Gasteiger partial charge in [-0.3, -0.25) is 9.58 Å². The maximum atomic E-state index is 4.42. The van der Waals surface area contributed by atoms with E-state index >= 15 is 0 Å². The van der Waals surface area contributed by atoms with Crippen molar-refractivity contribution in [2.24, 2.45) is 13.0 Å². The van der Waals surface area contributed by atoms with Crippen molar-refractivity contribution in [1.29, 1.82) is 0 Å². The standard InChI is InChI=1S/C19H26N6/c1-23-10-5-6-15(19(23)18-8-9-21-24(18)2)12-20-13-16-14-22-25-11-4-3-7-17(16)25/h3-4,7-9,11,14-15,19-20H,5-6,10,12-13H2,1-2H3/t15-,19+/m0/s1. The molecule has 0 saturated carbocycles. The molecule has 1 fully saturated rings. The molecule has 6 nitrogen and oxygen atoms in total. The number of rotatable bonds is 5. The van der Waals surface area contributed by atoms with Gasteiger partial charge in [0.2, 0.25) is 0 Å². The number of hydrogen-bond acceptors (Lipinski definition) is 4. The number of likely N-dealkylation sites (tertiary alicyclic amines) is 1. The van der Waals surface area contributed by atoms with E-state index in [1.807, 2.05) is 40.9 Å². The SMILES string of the molecule is CN1CCC[C@@H](CNCc2cnn3ccccc23)[C@@H]1c1ccnn1C. The summed E-state index contributed by atoms with van der Waals surface area (Å²) in [6.45, 7) is 3.01. The zero-order chi connectivity index (χ0) is 17.2. The van der Waals surface area contributed by atoms with Gasteiger partial charge in [-0.25, -0.2) is 4.52 Å². The van der Waals surface area contributed by atoms with Gasteiger partial charge in [-0.1, -0.05) is 6.07 Å². The number of hydrogen-bond donors (Lipinski definition) is 1. The molecule has 0 spiro atoms. The van der Waals surface area contributed by atoms with Crippen LogP contribution in [0.15, 0.2) is 42.9 Å². The number of aromatic nitrogens is 4. The summed E-state index contributed by atoms with van der Waals surface area (Å²) in [4.78, 5) is 2.47. The van der Waals surface area contributed by atoms with Gasteiger partial charge in [0.05, 0.1) is 23.4 Å². The van der Waals surface area contributed by atoms with E-state index in [0.29, 0.717) is 12.0 Å². The van der Waals surface area contributed by atoms with Crippen molar-refractivity contribution in [3.8, 4) is 0 Å². The summed E-state index contributed by atoms with van der Waals surface area (Å²) in [6.07, 6.45) is 8.37. The summed E-state index contributed by atoms with van der Waals surface area (Å²) >= 11 is 0. The Morgan fingerprint density at radius 2 is 2.12 bits per heavy atom. The first-order chi connectivity index (χ1) is 12.2. The predicted molar refractivity (Wildman–Crippen MR) is 98.2 cm³/mol. The second-order valence-corrected chi connectivity index (χ2v) is 7.04. The molecule has 4 rings (SSSR count). The van der Waals surface area contributed by atoms with Crippen LogP contribution in [0.2, 0.25) is 0 Å². The molecule has 0 unspecified atom stereocenters. The molecule has 0 radical (unpaired) electrons. The highest BCUT2D eigenvalue weighted by atomic mass is 15.3. The lowest BCUT2D eigenvalue weighted by molar-refractivity contribution is 0.113. The van der Waals surface area contributed by atoms with Crippen LogP contribution in [-0.2, 0) is 13.6 Å².